The first-order valence-corrected chi connectivity index (χ1v) is 12.7. The van der Waals surface area contributed by atoms with Crippen molar-refractivity contribution >= 4 is 46.4 Å². The highest BCUT2D eigenvalue weighted by molar-refractivity contribution is 6.34. The zero-order valence-corrected chi connectivity index (χ0v) is 24.0. The highest BCUT2D eigenvalue weighted by Crippen LogP contribution is 2.39. The number of benzene rings is 2. The molecule has 2 nitrogen and oxygen atoms in total. The summed E-state index contributed by atoms with van der Waals surface area (Å²) in [5.74, 6) is -1.39. The Morgan fingerprint density at radius 3 is 1.49 bits per heavy atom. The van der Waals surface area contributed by atoms with Crippen LogP contribution in [0.1, 0.15) is 27.8 Å². The second-order valence-electron chi connectivity index (χ2n) is 8.67. The van der Waals surface area contributed by atoms with Gasteiger partial charge in [0, 0.05) is 33.6 Å². The van der Waals surface area contributed by atoms with Crippen LogP contribution in [0.4, 0.5) is 35.1 Å². The minimum Gasteiger partial charge on any atom is -0.254 e. The molecule has 2 heterocycles. The Hall–Kier alpha value is -2.66. The highest BCUT2D eigenvalue weighted by Gasteiger charge is 2.35. The average Bonchev–Trinajstić information content (AvgIpc) is 2.85. The van der Waals surface area contributed by atoms with Crippen LogP contribution >= 0.6 is 46.4 Å². The van der Waals surface area contributed by atoms with Crippen LogP contribution in [0, 0.1) is 32.4 Å². The molecular weight excluding hydrogens is 646 g/mol. The maximum atomic E-state index is 14.0. The molecule has 0 radical (unpaired) electrons. The molecule has 0 aliphatic heterocycles. The van der Waals surface area contributed by atoms with Gasteiger partial charge in [-0.05, 0) is 67.8 Å². The largest absolute Gasteiger partial charge is 0.418 e. The molecule has 0 unspecified atom stereocenters. The van der Waals surface area contributed by atoms with E-state index in [0.29, 0.717) is 29.6 Å². The molecule has 0 N–H and O–H groups in total. The standard InChI is InChI=1S/C14H9Cl2F4N.C13H7Cl2F4N/c1-6-3-8(11(17)4-10(6)15)13-12(16)7(2)9(5-21-13)14(18,19)20;1-6-2-8(11(16)4-9(6)14)12-10(15)3-7(5-20-12)13(17,18)19/h3-5H,1-2H3;2-5H,1H3. The molecule has 0 amide bonds. The number of hydrogen-bond acceptors (Lipinski definition) is 2. The number of nitrogens with zero attached hydrogens (tertiary/aromatic N) is 2. The van der Waals surface area contributed by atoms with Gasteiger partial charge in [0.1, 0.15) is 11.6 Å². The molecule has 0 saturated carbocycles. The summed E-state index contributed by atoms with van der Waals surface area (Å²) in [6.07, 6.45) is -7.85. The van der Waals surface area contributed by atoms with Crippen molar-refractivity contribution in [2.24, 2.45) is 0 Å². The number of pyridine rings is 2. The summed E-state index contributed by atoms with van der Waals surface area (Å²) >= 11 is 23.3. The van der Waals surface area contributed by atoms with E-state index in [9.17, 15) is 35.1 Å². The van der Waals surface area contributed by atoms with Gasteiger partial charge in [0.15, 0.2) is 0 Å². The van der Waals surface area contributed by atoms with E-state index >= 15 is 0 Å². The molecule has 0 aliphatic rings. The van der Waals surface area contributed by atoms with Gasteiger partial charge in [-0.15, -0.1) is 0 Å². The summed E-state index contributed by atoms with van der Waals surface area (Å²) < 4.78 is 104. The summed E-state index contributed by atoms with van der Waals surface area (Å²) in [6.45, 7) is 4.51. The molecular formula is C27H16Cl4F8N2. The molecule has 0 fully saturated rings. The lowest BCUT2D eigenvalue weighted by molar-refractivity contribution is -0.138. The SMILES string of the molecule is Cc1cc(-c2ncc(C(F)(F)F)c(C)c2Cl)c(F)cc1Cl.Cc1cc(-c2ncc(C(F)(F)F)cc2Cl)c(F)cc1Cl. The van der Waals surface area contributed by atoms with Gasteiger partial charge in [0.25, 0.3) is 0 Å². The van der Waals surface area contributed by atoms with Crippen molar-refractivity contribution < 1.29 is 35.1 Å². The Labute approximate surface area is 248 Å². The number of aryl methyl sites for hydroxylation is 2. The second kappa shape index (κ2) is 12.3. The van der Waals surface area contributed by atoms with Gasteiger partial charge in [-0.25, -0.2) is 8.78 Å². The average molecular weight is 662 g/mol. The minimum absolute atomic E-state index is 0.00521. The molecule has 2 aromatic carbocycles. The molecule has 41 heavy (non-hydrogen) atoms. The topological polar surface area (TPSA) is 25.8 Å². The first kappa shape index (κ1) is 32.8. The van der Waals surface area contributed by atoms with Crippen molar-refractivity contribution in [2.45, 2.75) is 33.1 Å². The molecule has 2 aromatic heterocycles. The monoisotopic (exact) mass is 660 g/mol. The molecule has 4 rings (SSSR count). The van der Waals surface area contributed by atoms with E-state index in [1.807, 2.05) is 0 Å². The second-order valence-corrected chi connectivity index (χ2v) is 10.3. The van der Waals surface area contributed by atoms with Crippen LogP contribution in [0.3, 0.4) is 0 Å². The van der Waals surface area contributed by atoms with Crippen LogP contribution in [0.15, 0.2) is 42.7 Å². The van der Waals surface area contributed by atoms with E-state index in [2.05, 4.69) is 9.97 Å². The zero-order valence-electron chi connectivity index (χ0n) is 21.0. The Kier molecular flexibility index (Phi) is 9.85. The Morgan fingerprint density at radius 1 is 0.585 bits per heavy atom. The van der Waals surface area contributed by atoms with E-state index in [0.717, 1.165) is 12.1 Å². The molecule has 14 heteroatoms. The summed E-state index contributed by atoms with van der Waals surface area (Å²) in [5, 5.41) is -0.0730. The number of hydrogen-bond donors (Lipinski definition) is 0. The van der Waals surface area contributed by atoms with Gasteiger partial charge in [-0.2, -0.15) is 26.3 Å². The fraction of sp³-hybridized carbons (Fsp3) is 0.185. The fourth-order valence-electron chi connectivity index (χ4n) is 3.52. The van der Waals surface area contributed by atoms with Gasteiger partial charge < -0.3 is 0 Å². The van der Waals surface area contributed by atoms with Crippen molar-refractivity contribution in [3.63, 3.8) is 0 Å². The van der Waals surface area contributed by atoms with E-state index in [4.69, 9.17) is 46.4 Å². The maximum absolute atomic E-state index is 14.0. The quantitative estimate of drug-likeness (QED) is 0.200. The van der Waals surface area contributed by atoms with E-state index in [1.54, 1.807) is 13.8 Å². The molecule has 4 aromatic rings. The van der Waals surface area contributed by atoms with Gasteiger partial charge in [0.2, 0.25) is 0 Å². The van der Waals surface area contributed by atoms with Crippen LogP contribution < -0.4 is 0 Å². The van der Waals surface area contributed by atoms with Crippen LogP contribution in [-0.4, -0.2) is 9.97 Å². The Morgan fingerprint density at radius 2 is 1.05 bits per heavy atom. The third kappa shape index (κ3) is 7.41. The van der Waals surface area contributed by atoms with E-state index < -0.39 is 35.1 Å². The number of rotatable bonds is 2. The van der Waals surface area contributed by atoms with Crippen LogP contribution in [0.5, 0.6) is 0 Å². The summed E-state index contributed by atoms with van der Waals surface area (Å²) in [6, 6.07) is 5.66. The van der Waals surface area contributed by atoms with Gasteiger partial charge >= 0.3 is 12.4 Å². The highest BCUT2D eigenvalue weighted by atomic mass is 35.5. The third-order valence-corrected chi connectivity index (χ3v) is 7.31. The minimum atomic E-state index is -4.56. The lowest BCUT2D eigenvalue weighted by Crippen LogP contribution is -2.09. The molecule has 0 saturated heterocycles. The van der Waals surface area contributed by atoms with E-state index in [-0.39, 0.29) is 48.2 Å². The summed E-state index contributed by atoms with van der Waals surface area (Å²) in [5.41, 5.74) is -1.06. The maximum Gasteiger partial charge on any atom is 0.418 e. The number of halogens is 12. The van der Waals surface area contributed by atoms with E-state index in [1.165, 1.54) is 19.1 Å². The van der Waals surface area contributed by atoms with Crippen LogP contribution in [0.2, 0.25) is 20.1 Å². The van der Waals surface area contributed by atoms with Crippen LogP contribution in [0.25, 0.3) is 22.5 Å². The number of alkyl halides is 6. The first-order valence-electron chi connectivity index (χ1n) is 11.2. The van der Waals surface area contributed by atoms with Gasteiger partial charge in [-0.3, -0.25) is 9.97 Å². The zero-order chi connectivity index (χ0) is 31.0. The van der Waals surface area contributed by atoms with Gasteiger partial charge in [0.05, 0.1) is 32.6 Å². The molecule has 0 atom stereocenters. The molecule has 0 bridgehead atoms. The number of aromatic nitrogens is 2. The van der Waals surface area contributed by atoms with Crippen molar-refractivity contribution in [1.29, 1.82) is 0 Å². The van der Waals surface area contributed by atoms with Crippen molar-refractivity contribution in [3.05, 3.63) is 102 Å². The third-order valence-electron chi connectivity index (χ3n) is 5.74. The Bertz CT molecular complexity index is 1620. The normalized spacial score (nSPS) is 11.8. The summed E-state index contributed by atoms with van der Waals surface area (Å²) in [4.78, 5) is 7.28. The lowest BCUT2D eigenvalue weighted by Gasteiger charge is -2.14. The molecule has 0 spiro atoms. The van der Waals surface area contributed by atoms with Crippen molar-refractivity contribution in [1.82, 2.24) is 9.97 Å². The van der Waals surface area contributed by atoms with Crippen LogP contribution in [-0.2, 0) is 12.4 Å². The lowest BCUT2D eigenvalue weighted by atomic mass is 10.0. The molecule has 218 valence electrons. The molecule has 0 aliphatic carbocycles. The summed E-state index contributed by atoms with van der Waals surface area (Å²) in [7, 11) is 0. The van der Waals surface area contributed by atoms with Crippen molar-refractivity contribution in [2.75, 3.05) is 0 Å². The fourth-order valence-corrected chi connectivity index (χ4v) is 4.34. The van der Waals surface area contributed by atoms with Crippen molar-refractivity contribution in [3.8, 4) is 22.5 Å². The van der Waals surface area contributed by atoms with Gasteiger partial charge in [-0.1, -0.05) is 46.4 Å². The predicted octanol–water partition coefficient (Wildman–Crippen LogP) is 11.4. The first-order chi connectivity index (χ1) is 18.8. The Balaban J connectivity index is 0.000000226. The smallest absolute Gasteiger partial charge is 0.254 e. The predicted molar refractivity (Wildman–Crippen MR) is 144 cm³/mol.